The molecule has 0 spiro atoms. The van der Waals surface area contributed by atoms with Crippen molar-refractivity contribution in [2.75, 3.05) is 6.26 Å². The molecule has 0 aliphatic heterocycles. The van der Waals surface area contributed by atoms with Gasteiger partial charge >= 0.3 is 0 Å². The highest BCUT2D eigenvalue weighted by Crippen LogP contribution is 2.13. The van der Waals surface area contributed by atoms with Crippen molar-refractivity contribution in [3.05, 3.63) is 11.6 Å². The van der Waals surface area contributed by atoms with Gasteiger partial charge < -0.3 is 24.0 Å². The second kappa shape index (κ2) is 4.51. The first kappa shape index (κ1) is 9.71. The Bertz CT molecular complexity index is 175. The third kappa shape index (κ3) is 2.43. The van der Waals surface area contributed by atoms with Gasteiger partial charge in [0.15, 0.2) is 6.20 Å². The first-order valence-corrected chi connectivity index (χ1v) is 4.42. The highest BCUT2D eigenvalue weighted by atomic mass is 127. The molecule has 0 saturated carbocycles. The van der Waals surface area contributed by atoms with Crippen molar-refractivity contribution in [1.29, 1.82) is 0 Å². The molecule has 0 radical (unpaired) electrons. The maximum atomic E-state index is 2.12. The van der Waals surface area contributed by atoms with Gasteiger partial charge in [0.05, 0.1) is 5.38 Å². The fourth-order valence-corrected chi connectivity index (χ4v) is 2.00. The summed E-state index contributed by atoms with van der Waals surface area (Å²) in [5.74, 6) is 0. The summed E-state index contributed by atoms with van der Waals surface area (Å²) in [6.07, 6.45) is 4.16. The van der Waals surface area contributed by atoms with Crippen LogP contribution in [0.3, 0.4) is 0 Å². The number of halogens is 1. The molecular weight excluding hydrogens is 265 g/mol. The lowest BCUT2D eigenvalue weighted by molar-refractivity contribution is -0.702. The van der Waals surface area contributed by atoms with Crippen molar-refractivity contribution in [1.82, 2.24) is 0 Å². The molecule has 0 fully saturated rings. The van der Waals surface area contributed by atoms with E-state index in [9.17, 15) is 0 Å². The maximum absolute atomic E-state index is 2.12. The summed E-state index contributed by atoms with van der Waals surface area (Å²) < 4.78 is 3.47. The monoisotopic (exact) mass is 273 g/mol. The van der Waals surface area contributed by atoms with Crippen molar-refractivity contribution in [2.45, 2.75) is 4.34 Å². The molecule has 0 aliphatic rings. The molecule has 52 valence electrons. The molecule has 4 heteroatoms. The number of thioether (sulfide) groups is 1. The van der Waals surface area contributed by atoms with Crippen molar-refractivity contribution in [3.8, 4) is 0 Å². The van der Waals surface area contributed by atoms with E-state index in [1.165, 1.54) is 4.34 Å². The molecule has 1 aromatic heterocycles. The third-order valence-electron chi connectivity index (χ3n) is 0.916. The quantitative estimate of drug-likeness (QED) is 0.335. The number of nitrogens with zero attached hydrogens (tertiary/aromatic N) is 1. The molecular formula is C5H8INS2. The Morgan fingerprint density at radius 1 is 1.67 bits per heavy atom. The van der Waals surface area contributed by atoms with Gasteiger partial charge in [-0.15, -0.1) is 0 Å². The SMILES string of the molecule is CSc1scc[n+]1C.[I-]. The molecule has 0 saturated heterocycles. The molecule has 0 amide bonds. The minimum atomic E-state index is 0. The van der Waals surface area contributed by atoms with E-state index in [1.807, 2.05) is 0 Å². The van der Waals surface area contributed by atoms with Gasteiger partial charge in [0.2, 0.25) is 0 Å². The first-order valence-electron chi connectivity index (χ1n) is 2.31. The van der Waals surface area contributed by atoms with E-state index in [0.29, 0.717) is 0 Å². The van der Waals surface area contributed by atoms with Gasteiger partial charge in [-0.1, -0.05) is 11.3 Å². The van der Waals surface area contributed by atoms with Gasteiger partial charge in [-0.2, -0.15) is 4.57 Å². The van der Waals surface area contributed by atoms with Crippen LogP contribution in [0.15, 0.2) is 15.9 Å². The van der Waals surface area contributed by atoms with Gasteiger partial charge in [0, 0.05) is 0 Å². The van der Waals surface area contributed by atoms with Crippen LogP contribution in [-0.4, -0.2) is 6.26 Å². The average Bonchev–Trinajstić information content (AvgIpc) is 2.14. The van der Waals surface area contributed by atoms with E-state index >= 15 is 0 Å². The zero-order chi connectivity index (χ0) is 5.98. The summed E-state index contributed by atoms with van der Waals surface area (Å²) in [7, 11) is 2.06. The fourth-order valence-electron chi connectivity index (χ4n) is 0.516. The van der Waals surface area contributed by atoms with Crippen molar-refractivity contribution < 1.29 is 28.5 Å². The largest absolute Gasteiger partial charge is 1.00 e. The zero-order valence-corrected chi connectivity index (χ0v) is 9.09. The van der Waals surface area contributed by atoms with E-state index in [-0.39, 0.29) is 24.0 Å². The van der Waals surface area contributed by atoms with Crippen LogP contribution < -0.4 is 28.5 Å². The summed E-state index contributed by atoms with van der Waals surface area (Å²) >= 11 is 3.56. The molecule has 0 unspecified atom stereocenters. The zero-order valence-electron chi connectivity index (χ0n) is 5.30. The maximum Gasteiger partial charge on any atom is 0.296 e. The second-order valence-corrected chi connectivity index (χ2v) is 3.43. The van der Waals surface area contributed by atoms with Crippen LogP contribution in [-0.2, 0) is 7.05 Å². The van der Waals surface area contributed by atoms with Crippen molar-refractivity contribution >= 4 is 23.1 Å². The Labute approximate surface area is 80.5 Å². The highest BCUT2D eigenvalue weighted by Gasteiger charge is 2.02. The van der Waals surface area contributed by atoms with Gasteiger partial charge in [-0.3, -0.25) is 0 Å². The molecule has 0 atom stereocenters. The van der Waals surface area contributed by atoms with Gasteiger partial charge in [0.1, 0.15) is 7.05 Å². The average molecular weight is 273 g/mol. The Morgan fingerprint density at radius 2 is 2.33 bits per heavy atom. The normalized spacial score (nSPS) is 8.67. The molecule has 1 aromatic rings. The molecule has 1 rings (SSSR count). The summed E-state index contributed by atoms with van der Waals surface area (Å²) in [5.41, 5.74) is 0. The lowest BCUT2D eigenvalue weighted by Gasteiger charge is -1.80. The molecule has 1 nitrogen and oxygen atoms in total. The Kier molecular flexibility index (Phi) is 4.87. The van der Waals surface area contributed by atoms with E-state index in [4.69, 9.17) is 0 Å². The lowest BCUT2D eigenvalue weighted by Crippen LogP contribution is -3.00. The highest BCUT2D eigenvalue weighted by molar-refractivity contribution is 8.00. The molecule has 0 bridgehead atoms. The van der Waals surface area contributed by atoms with Crippen LogP contribution in [0.4, 0.5) is 0 Å². The standard InChI is InChI=1S/C5H8NS2.HI/c1-6-3-4-8-5(6)7-2;/h3-4H,1-2H3;1H/q+1;/p-1. The van der Waals surface area contributed by atoms with Gasteiger partial charge in [0.25, 0.3) is 4.34 Å². The molecule has 0 N–H and O–H groups in total. The third-order valence-corrected chi connectivity index (χ3v) is 3.09. The number of thiazole rings is 1. The number of hydrogen-bond acceptors (Lipinski definition) is 2. The van der Waals surface area contributed by atoms with E-state index in [2.05, 4.69) is 29.4 Å². The molecule has 9 heavy (non-hydrogen) atoms. The molecule has 0 aliphatic carbocycles. The lowest BCUT2D eigenvalue weighted by atomic mass is 10.9. The smallest absolute Gasteiger partial charge is 0.296 e. The van der Waals surface area contributed by atoms with E-state index < -0.39 is 0 Å². The summed E-state index contributed by atoms with van der Waals surface area (Å²) in [6, 6.07) is 0. The number of hydrogen-bond donors (Lipinski definition) is 0. The van der Waals surface area contributed by atoms with Crippen molar-refractivity contribution in [3.63, 3.8) is 0 Å². The molecule has 1 heterocycles. The Balaban J connectivity index is 0.000000640. The summed E-state index contributed by atoms with van der Waals surface area (Å²) in [4.78, 5) is 0. The topological polar surface area (TPSA) is 3.88 Å². The predicted molar refractivity (Wildman–Crippen MR) is 37.3 cm³/mol. The van der Waals surface area contributed by atoms with Gasteiger partial charge in [-0.25, -0.2) is 0 Å². The number of aryl methyl sites for hydroxylation is 1. The predicted octanol–water partition coefficient (Wildman–Crippen LogP) is -1.70. The van der Waals surface area contributed by atoms with Crippen LogP contribution >= 0.6 is 23.1 Å². The number of rotatable bonds is 1. The Hall–Kier alpha value is 0.710. The van der Waals surface area contributed by atoms with Crippen LogP contribution in [0.25, 0.3) is 0 Å². The Morgan fingerprint density at radius 3 is 2.56 bits per heavy atom. The summed E-state index contributed by atoms with van der Waals surface area (Å²) in [6.45, 7) is 0. The van der Waals surface area contributed by atoms with Gasteiger partial charge in [-0.05, 0) is 18.0 Å². The number of aromatic nitrogens is 1. The van der Waals surface area contributed by atoms with Crippen molar-refractivity contribution in [2.24, 2.45) is 7.05 Å². The molecule has 0 aromatic carbocycles. The van der Waals surface area contributed by atoms with Crippen LogP contribution in [0.1, 0.15) is 0 Å². The minimum absolute atomic E-state index is 0. The first-order chi connectivity index (χ1) is 3.84. The fraction of sp³-hybridized carbons (Fsp3) is 0.400. The van der Waals surface area contributed by atoms with E-state index in [0.717, 1.165) is 0 Å². The van der Waals surface area contributed by atoms with Crippen LogP contribution in [0.5, 0.6) is 0 Å². The van der Waals surface area contributed by atoms with Crippen LogP contribution in [0, 0.1) is 0 Å². The second-order valence-electron chi connectivity index (χ2n) is 1.48. The minimum Gasteiger partial charge on any atom is -1.00 e. The summed E-state index contributed by atoms with van der Waals surface area (Å²) in [5, 5.41) is 2.09. The van der Waals surface area contributed by atoms with Crippen LogP contribution in [0.2, 0.25) is 0 Å². The van der Waals surface area contributed by atoms with E-state index in [1.54, 1.807) is 23.1 Å².